The minimum atomic E-state index is -1.36. The van der Waals surface area contributed by atoms with E-state index in [2.05, 4.69) is 4.98 Å². The Kier molecular flexibility index (Phi) is 3.46. The quantitative estimate of drug-likeness (QED) is 0.518. The van der Waals surface area contributed by atoms with Crippen LogP contribution in [0.2, 0.25) is 0 Å². The van der Waals surface area contributed by atoms with Gasteiger partial charge in [-0.15, -0.1) is 0 Å². The Labute approximate surface area is 104 Å². The van der Waals surface area contributed by atoms with Gasteiger partial charge in [-0.3, -0.25) is 4.79 Å². The van der Waals surface area contributed by atoms with Crippen LogP contribution in [0.4, 0.5) is 23.2 Å². The van der Waals surface area contributed by atoms with Gasteiger partial charge in [-0.25, -0.2) is 18.2 Å². The molecule has 1 aromatic carbocycles. The summed E-state index contributed by atoms with van der Waals surface area (Å²) >= 11 is 0. The number of carbonyl (C=O) groups is 1. The van der Waals surface area contributed by atoms with Gasteiger partial charge in [-0.05, 0) is 12.1 Å². The van der Waals surface area contributed by atoms with Crippen molar-refractivity contribution in [3.8, 4) is 0 Å². The van der Waals surface area contributed by atoms with Crippen molar-refractivity contribution in [2.75, 3.05) is 5.32 Å². The van der Waals surface area contributed by atoms with Crippen LogP contribution in [0.5, 0.6) is 0 Å². The molecule has 1 aromatic heterocycles. The van der Waals surface area contributed by atoms with Crippen LogP contribution in [-0.4, -0.2) is 10.9 Å². The number of aromatic nitrogens is 1. The molecule has 0 spiro atoms. The molecule has 1 amide bonds. The molecule has 0 fully saturated rings. The minimum absolute atomic E-state index is 0.0504. The van der Waals surface area contributed by atoms with Gasteiger partial charge in [0, 0.05) is 18.3 Å². The first-order chi connectivity index (χ1) is 8.97. The molecular formula is C12H6F4N2O. The van der Waals surface area contributed by atoms with Crippen LogP contribution < -0.4 is 5.32 Å². The van der Waals surface area contributed by atoms with Crippen molar-refractivity contribution in [1.29, 1.82) is 0 Å². The Hall–Kier alpha value is -2.44. The average molecular weight is 270 g/mol. The second-order valence-electron chi connectivity index (χ2n) is 3.57. The molecule has 0 bridgehead atoms. The number of halogens is 4. The molecule has 0 unspecified atom stereocenters. The molecule has 0 aliphatic carbocycles. The van der Waals surface area contributed by atoms with Gasteiger partial charge in [0.15, 0.2) is 11.6 Å². The second-order valence-corrected chi connectivity index (χ2v) is 3.57. The van der Waals surface area contributed by atoms with E-state index < -0.39 is 35.0 Å². The van der Waals surface area contributed by atoms with Gasteiger partial charge in [0.2, 0.25) is 5.95 Å². The molecule has 1 heterocycles. The van der Waals surface area contributed by atoms with E-state index in [1.165, 1.54) is 0 Å². The Balaban J connectivity index is 2.24. The van der Waals surface area contributed by atoms with Crippen molar-refractivity contribution in [2.45, 2.75) is 0 Å². The van der Waals surface area contributed by atoms with Gasteiger partial charge in [0.05, 0.1) is 11.3 Å². The number of amides is 1. The van der Waals surface area contributed by atoms with Crippen molar-refractivity contribution < 1.29 is 22.4 Å². The largest absolute Gasteiger partial charge is 0.319 e. The first kappa shape index (κ1) is 13.0. The van der Waals surface area contributed by atoms with Crippen molar-refractivity contribution in [1.82, 2.24) is 4.98 Å². The molecule has 2 aromatic rings. The highest BCUT2D eigenvalue weighted by Crippen LogP contribution is 2.19. The van der Waals surface area contributed by atoms with E-state index in [-0.39, 0.29) is 5.56 Å². The lowest BCUT2D eigenvalue weighted by molar-refractivity contribution is 0.102. The predicted octanol–water partition coefficient (Wildman–Crippen LogP) is 2.89. The van der Waals surface area contributed by atoms with Crippen molar-refractivity contribution in [3.05, 3.63) is 59.4 Å². The number of nitrogens with zero attached hydrogens (tertiary/aromatic N) is 1. The molecule has 0 radical (unpaired) electrons. The molecule has 0 saturated carbocycles. The third kappa shape index (κ3) is 2.87. The fourth-order valence-electron chi connectivity index (χ4n) is 1.32. The SMILES string of the molecule is O=C(Nc1cc(F)c(F)cc1F)c1ccc(F)nc1. The Morgan fingerprint density at radius 2 is 1.68 bits per heavy atom. The summed E-state index contributed by atoms with van der Waals surface area (Å²) in [5, 5.41) is 2.03. The third-order valence-corrected chi connectivity index (χ3v) is 2.25. The minimum Gasteiger partial charge on any atom is -0.319 e. The van der Waals surface area contributed by atoms with E-state index in [1.807, 2.05) is 5.32 Å². The number of carbonyl (C=O) groups excluding carboxylic acids is 1. The summed E-state index contributed by atoms with van der Waals surface area (Å²) in [7, 11) is 0. The molecule has 19 heavy (non-hydrogen) atoms. The van der Waals surface area contributed by atoms with Gasteiger partial charge >= 0.3 is 0 Å². The molecule has 1 N–H and O–H groups in total. The zero-order chi connectivity index (χ0) is 14.0. The van der Waals surface area contributed by atoms with Crippen LogP contribution in [0.1, 0.15) is 10.4 Å². The zero-order valence-corrected chi connectivity index (χ0v) is 9.25. The molecular weight excluding hydrogens is 264 g/mol. The Bertz CT molecular complexity index is 628. The molecule has 0 saturated heterocycles. The number of hydrogen-bond acceptors (Lipinski definition) is 2. The normalized spacial score (nSPS) is 10.3. The van der Waals surface area contributed by atoms with Gasteiger partial charge in [-0.1, -0.05) is 0 Å². The lowest BCUT2D eigenvalue weighted by Gasteiger charge is -2.06. The summed E-state index contributed by atoms with van der Waals surface area (Å²) in [6, 6.07) is 2.89. The lowest BCUT2D eigenvalue weighted by atomic mass is 10.2. The second kappa shape index (κ2) is 5.05. The molecule has 98 valence electrons. The smallest absolute Gasteiger partial charge is 0.257 e. The Morgan fingerprint density at radius 3 is 2.32 bits per heavy atom. The Morgan fingerprint density at radius 1 is 1.00 bits per heavy atom. The zero-order valence-electron chi connectivity index (χ0n) is 9.25. The highest BCUT2D eigenvalue weighted by molar-refractivity contribution is 6.04. The molecule has 7 heteroatoms. The van der Waals surface area contributed by atoms with Crippen molar-refractivity contribution in [3.63, 3.8) is 0 Å². The summed E-state index contributed by atoms with van der Waals surface area (Å²) in [5.41, 5.74) is -0.571. The van der Waals surface area contributed by atoms with Crippen molar-refractivity contribution in [2.24, 2.45) is 0 Å². The lowest BCUT2D eigenvalue weighted by Crippen LogP contribution is -2.14. The van der Waals surface area contributed by atoms with Gasteiger partial charge < -0.3 is 5.32 Å². The first-order valence-electron chi connectivity index (χ1n) is 5.05. The molecule has 0 aliphatic heterocycles. The van der Waals surface area contributed by atoms with E-state index >= 15 is 0 Å². The number of hydrogen-bond donors (Lipinski definition) is 1. The maximum atomic E-state index is 13.3. The van der Waals surface area contributed by atoms with Crippen LogP contribution in [0.15, 0.2) is 30.5 Å². The van der Waals surface area contributed by atoms with Crippen LogP contribution in [-0.2, 0) is 0 Å². The highest BCUT2D eigenvalue weighted by Gasteiger charge is 2.13. The summed E-state index contributed by atoms with van der Waals surface area (Å²) in [5.74, 6) is -5.39. The molecule has 3 nitrogen and oxygen atoms in total. The van der Waals surface area contributed by atoms with E-state index in [9.17, 15) is 22.4 Å². The van der Waals surface area contributed by atoms with E-state index in [4.69, 9.17) is 0 Å². The monoisotopic (exact) mass is 270 g/mol. The van der Waals surface area contributed by atoms with Crippen LogP contribution >= 0.6 is 0 Å². The number of pyridine rings is 1. The fourth-order valence-corrected chi connectivity index (χ4v) is 1.32. The number of nitrogens with one attached hydrogen (secondary N) is 1. The van der Waals surface area contributed by atoms with Crippen molar-refractivity contribution >= 4 is 11.6 Å². The van der Waals surface area contributed by atoms with Crippen LogP contribution in [0.25, 0.3) is 0 Å². The summed E-state index contributed by atoms with van der Waals surface area (Å²) in [4.78, 5) is 14.9. The van der Waals surface area contributed by atoms with E-state index in [1.54, 1.807) is 0 Å². The number of rotatable bonds is 2. The average Bonchev–Trinajstić information content (AvgIpc) is 2.36. The maximum absolute atomic E-state index is 13.3. The van der Waals surface area contributed by atoms with Gasteiger partial charge in [0.1, 0.15) is 5.82 Å². The first-order valence-corrected chi connectivity index (χ1v) is 5.05. The van der Waals surface area contributed by atoms with Crippen LogP contribution in [0.3, 0.4) is 0 Å². The summed E-state index contributed by atoms with van der Waals surface area (Å²) in [6.45, 7) is 0. The molecule has 2 rings (SSSR count). The van der Waals surface area contributed by atoms with Crippen LogP contribution in [0, 0.1) is 23.4 Å². The summed E-state index contributed by atoms with van der Waals surface area (Å²) < 4.78 is 51.4. The maximum Gasteiger partial charge on any atom is 0.257 e. The molecule has 0 aliphatic rings. The van der Waals surface area contributed by atoms with Gasteiger partial charge in [-0.2, -0.15) is 4.39 Å². The van der Waals surface area contributed by atoms with E-state index in [0.29, 0.717) is 12.1 Å². The topological polar surface area (TPSA) is 42.0 Å². The standard InChI is InChI=1S/C12H6F4N2O/c13-7-3-9(15)10(4-8(7)14)18-12(19)6-1-2-11(16)17-5-6/h1-5H,(H,18,19). The third-order valence-electron chi connectivity index (χ3n) is 2.25. The number of anilines is 1. The highest BCUT2D eigenvalue weighted by atomic mass is 19.2. The van der Waals surface area contributed by atoms with Gasteiger partial charge in [0.25, 0.3) is 5.91 Å². The predicted molar refractivity (Wildman–Crippen MR) is 58.5 cm³/mol. The van der Waals surface area contributed by atoms with E-state index in [0.717, 1.165) is 18.3 Å². The number of benzene rings is 1. The fraction of sp³-hybridized carbons (Fsp3) is 0. The summed E-state index contributed by atoms with van der Waals surface area (Å²) in [6.07, 6.45) is 0.933. The molecule has 0 atom stereocenters.